The zero-order chi connectivity index (χ0) is 15.3. The Labute approximate surface area is 120 Å². The molecule has 4 nitrogen and oxygen atoms in total. The lowest BCUT2D eigenvalue weighted by Gasteiger charge is -2.45. The number of hydrogen-bond acceptors (Lipinski definition) is 4. The lowest BCUT2D eigenvalue weighted by atomic mass is 9.58. The van der Waals surface area contributed by atoms with Crippen LogP contribution in [0.5, 0.6) is 0 Å². The number of carbonyl (C=O) groups is 2. The Morgan fingerprint density at radius 3 is 2.55 bits per heavy atom. The number of ketones is 1. The highest BCUT2D eigenvalue weighted by molar-refractivity contribution is 5.96. The maximum atomic E-state index is 12.9. The third-order valence-corrected chi connectivity index (χ3v) is 6.06. The van der Waals surface area contributed by atoms with Crippen molar-refractivity contribution >= 4 is 11.8 Å². The van der Waals surface area contributed by atoms with E-state index in [9.17, 15) is 14.7 Å². The Hall–Kier alpha value is -0.900. The third kappa shape index (κ3) is 1.77. The van der Waals surface area contributed by atoms with E-state index in [1.54, 1.807) is 6.92 Å². The van der Waals surface area contributed by atoms with Crippen LogP contribution in [0.1, 0.15) is 53.9 Å². The van der Waals surface area contributed by atoms with Crippen LogP contribution in [0.4, 0.5) is 0 Å². The molecule has 2 rings (SSSR count). The van der Waals surface area contributed by atoms with Gasteiger partial charge in [0.05, 0.1) is 12.5 Å². The van der Waals surface area contributed by atoms with Gasteiger partial charge in [-0.1, -0.05) is 27.2 Å². The number of aliphatic hydroxyl groups is 1. The smallest absolute Gasteiger partial charge is 0.338 e. The minimum absolute atomic E-state index is 0.0306. The second kappa shape index (κ2) is 4.55. The predicted molar refractivity (Wildman–Crippen MR) is 75.0 cm³/mol. The molecule has 2 aliphatic carbocycles. The van der Waals surface area contributed by atoms with Crippen LogP contribution in [0.25, 0.3) is 0 Å². The van der Waals surface area contributed by atoms with Crippen LogP contribution in [0.3, 0.4) is 0 Å². The number of rotatable bonds is 3. The maximum absolute atomic E-state index is 12.9. The molecule has 114 valence electrons. The maximum Gasteiger partial charge on any atom is 0.338 e. The van der Waals surface area contributed by atoms with E-state index >= 15 is 0 Å². The Balaban J connectivity index is 2.43. The van der Waals surface area contributed by atoms with Gasteiger partial charge in [0.2, 0.25) is 0 Å². The molecule has 0 spiro atoms. The Morgan fingerprint density at radius 1 is 1.45 bits per heavy atom. The van der Waals surface area contributed by atoms with E-state index in [1.165, 1.54) is 6.92 Å². The molecule has 0 aromatic rings. The molecule has 2 fully saturated rings. The minimum atomic E-state index is -1.73. The lowest BCUT2D eigenvalue weighted by Crippen LogP contribution is -2.49. The summed E-state index contributed by atoms with van der Waals surface area (Å²) in [7, 11) is 0. The van der Waals surface area contributed by atoms with Gasteiger partial charge in [-0.15, -0.1) is 0 Å². The number of fused-ring (bicyclic) bond motifs is 2. The van der Waals surface area contributed by atoms with Crippen LogP contribution in [0, 0.1) is 22.7 Å². The summed E-state index contributed by atoms with van der Waals surface area (Å²) < 4.78 is 4.98. The molecule has 2 unspecified atom stereocenters. The summed E-state index contributed by atoms with van der Waals surface area (Å²) in [6.45, 7) is 9.53. The molecule has 20 heavy (non-hydrogen) atoms. The summed E-state index contributed by atoms with van der Waals surface area (Å²) >= 11 is 0. The zero-order valence-electron chi connectivity index (χ0n) is 13.2. The topological polar surface area (TPSA) is 63.6 Å². The molecule has 0 aromatic heterocycles. The van der Waals surface area contributed by atoms with Crippen LogP contribution in [0.15, 0.2) is 0 Å². The normalized spacial score (nSPS) is 38.4. The third-order valence-electron chi connectivity index (χ3n) is 6.06. The molecular formula is C16H26O4. The van der Waals surface area contributed by atoms with Gasteiger partial charge in [0.25, 0.3) is 0 Å². The molecule has 0 radical (unpaired) electrons. The summed E-state index contributed by atoms with van der Waals surface area (Å²) in [5, 5.41) is 10.7. The van der Waals surface area contributed by atoms with Gasteiger partial charge >= 0.3 is 5.97 Å². The minimum Gasteiger partial charge on any atom is -0.464 e. The van der Waals surface area contributed by atoms with Crippen molar-refractivity contribution in [2.24, 2.45) is 22.7 Å². The fourth-order valence-corrected chi connectivity index (χ4v) is 4.37. The molecule has 0 amide bonds. The summed E-state index contributed by atoms with van der Waals surface area (Å²) in [6.07, 6.45) is 2.70. The van der Waals surface area contributed by atoms with Gasteiger partial charge in [-0.05, 0) is 38.0 Å². The highest BCUT2D eigenvalue weighted by Gasteiger charge is 2.68. The predicted octanol–water partition coefficient (Wildman–Crippen LogP) is 2.33. The molecule has 4 heteroatoms. The Morgan fingerprint density at radius 2 is 2.05 bits per heavy atom. The second-order valence-corrected chi connectivity index (χ2v) is 7.26. The first-order chi connectivity index (χ1) is 9.10. The van der Waals surface area contributed by atoms with Crippen molar-refractivity contribution in [2.75, 3.05) is 6.61 Å². The summed E-state index contributed by atoms with van der Waals surface area (Å²) in [5.74, 6) is -1.26. The van der Waals surface area contributed by atoms with Crippen molar-refractivity contribution < 1.29 is 19.4 Å². The number of carbonyl (C=O) groups excluding carboxylic acids is 2. The van der Waals surface area contributed by atoms with E-state index in [0.717, 1.165) is 19.3 Å². The number of ether oxygens (including phenoxy) is 1. The summed E-state index contributed by atoms with van der Waals surface area (Å²) in [6, 6.07) is 0. The molecular weight excluding hydrogens is 256 g/mol. The number of Topliss-reactive ketones (excluding diaryl/α,β-unsaturated/α-hetero) is 1. The quantitative estimate of drug-likeness (QED) is 0.807. The molecule has 2 bridgehead atoms. The highest BCUT2D eigenvalue weighted by Crippen LogP contribution is 2.64. The highest BCUT2D eigenvalue weighted by atomic mass is 16.5. The molecule has 0 aromatic carbocycles. The molecule has 1 N–H and O–H groups in total. The fraction of sp³-hybridized carbons (Fsp3) is 0.875. The summed E-state index contributed by atoms with van der Waals surface area (Å²) in [5.41, 5.74) is -2.36. The van der Waals surface area contributed by atoms with Gasteiger partial charge in [-0.2, -0.15) is 0 Å². The molecule has 2 saturated carbocycles. The molecule has 0 heterocycles. The van der Waals surface area contributed by atoms with E-state index in [2.05, 4.69) is 13.8 Å². The number of hydrogen-bond donors (Lipinski definition) is 1. The van der Waals surface area contributed by atoms with Gasteiger partial charge in [0, 0.05) is 5.41 Å². The largest absolute Gasteiger partial charge is 0.464 e. The van der Waals surface area contributed by atoms with E-state index in [4.69, 9.17) is 4.74 Å². The van der Waals surface area contributed by atoms with Gasteiger partial charge in [0.15, 0.2) is 5.60 Å². The molecule has 0 aliphatic heterocycles. The molecule has 4 atom stereocenters. The van der Waals surface area contributed by atoms with Gasteiger partial charge in [-0.3, -0.25) is 4.79 Å². The van der Waals surface area contributed by atoms with Gasteiger partial charge in [0.1, 0.15) is 5.78 Å². The molecule has 0 saturated heterocycles. The van der Waals surface area contributed by atoms with Crippen LogP contribution in [-0.4, -0.2) is 29.1 Å². The van der Waals surface area contributed by atoms with Crippen LogP contribution in [0.2, 0.25) is 0 Å². The van der Waals surface area contributed by atoms with Crippen LogP contribution >= 0.6 is 0 Å². The first-order valence-electron chi connectivity index (χ1n) is 7.54. The average Bonchev–Trinajstić information content (AvgIpc) is 2.46. The van der Waals surface area contributed by atoms with Gasteiger partial charge < -0.3 is 9.84 Å². The Bertz CT molecular complexity index is 438. The van der Waals surface area contributed by atoms with E-state index in [0.29, 0.717) is 0 Å². The van der Waals surface area contributed by atoms with Crippen molar-refractivity contribution in [3.63, 3.8) is 0 Å². The van der Waals surface area contributed by atoms with E-state index < -0.39 is 22.9 Å². The monoisotopic (exact) mass is 282 g/mol. The van der Waals surface area contributed by atoms with Crippen LogP contribution < -0.4 is 0 Å². The van der Waals surface area contributed by atoms with Crippen molar-refractivity contribution in [1.29, 1.82) is 0 Å². The average molecular weight is 282 g/mol. The first kappa shape index (κ1) is 15.5. The van der Waals surface area contributed by atoms with E-state index in [1.807, 2.05) is 6.92 Å². The zero-order valence-corrected chi connectivity index (χ0v) is 13.2. The SMILES string of the molecule is CCOC(=O)C(C)(O)C1C(=O)[C@]2(C)CCC[C@H]1C2(C)C. The van der Waals surface area contributed by atoms with Crippen molar-refractivity contribution in [2.45, 2.75) is 59.5 Å². The summed E-state index contributed by atoms with van der Waals surface area (Å²) in [4.78, 5) is 25.0. The molecule has 2 aliphatic rings. The first-order valence-corrected chi connectivity index (χ1v) is 7.54. The Kier molecular flexibility index (Phi) is 3.52. The second-order valence-electron chi connectivity index (χ2n) is 7.26. The van der Waals surface area contributed by atoms with E-state index in [-0.39, 0.29) is 23.7 Å². The van der Waals surface area contributed by atoms with Crippen molar-refractivity contribution in [3.05, 3.63) is 0 Å². The van der Waals surface area contributed by atoms with Crippen molar-refractivity contribution in [1.82, 2.24) is 0 Å². The standard InChI is InChI=1S/C16H26O4/c1-6-20-13(18)16(5,19)11-10-8-7-9-15(4,12(11)17)14(10,2)3/h10-11,19H,6-9H2,1-5H3/t10-,11?,15+,16?/m1/s1. The fourth-order valence-electron chi connectivity index (χ4n) is 4.37. The number of esters is 1. The van der Waals surface area contributed by atoms with Gasteiger partial charge in [-0.25, -0.2) is 4.79 Å². The van der Waals surface area contributed by atoms with Crippen LogP contribution in [-0.2, 0) is 14.3 Å². The lowest BCUT2D eigenvalue weighted by molar-refractivity contribution is -0.173. The van der Waals surface area contributed by atoms with Crippen molar-refractivity contribution in [3.8, 4) is 0 Å².